The van der Waals surface area contributed by atoms with Crippen LogP contribution in [0.25, 0.3) is 12.2 Å². The van der Waals surface area contributed by atoms with Gasteiger partial charge < -0.3 is 14.6 Å². The molecule has 144 valence electrons. The van der Waals surface area contributed by atoms with E-state index < -0.39 is 0 Å². The highest BCUT2D eigenvalue weighted by Crippen LogP contribution is 2.25. The van der Waals surface area contributed by atoms with Crippen LogP contribution in [-0.2, 0) is 6.42 Å². The zero-order valence-corrected chi connectivity index (χ0v) is 17.4. The fourth-order valence-electron chi connectivity index (χ4n) is 3.22. The van der Waals surface area contributed by atoms with E-state index >= 15 is 0 Å². The summed E-state index contributed by atoms with van der Waals surface area (Å²) < 4.78 is 11.5. The summed E-state index contributed by atoms with van der Waals surface area (Å²) in [4.78, 5) is 0. The van der Waals surface area contributed by atoms with Crippen LogP contribution in [0, 0.1) is 6.92 Å². The van der Waals surface area contributed by atoms with Crippen LogP contribution in [0.5, 0.6) is 11.5 Å². The summed E-state index contributed by atoms with van der Waals surface area (Å²) in [6.45, 7) is 10.4. The molecule has 3 heteroatoms. The summed E-state index contributed by atoms with van der Waals surface area (Å²) >= 11 is 0. The molecule has 0 aliphatic rings. The number of allylic oxidation sites excluding steroid dienone is 3. The van der Waals surface area contributed by atoms with E-state index in [1.165, 1.54) is 11.1 Å². The first-order valence-electron chi connectivity index (χ1n) is 9.23. The van der Waals surface area contributed by atoms with Crippen molar-refractivity contribution in [3.8, 4) is 11.5 Å². The van der Waals surface area contributed by atoms with Crippen molar-refractivity contribution in [2.24, 2.45) is 0 Å². The van der Waals surface area contributed by atoms with Crippen molar-refractivity contribution in [1.82, 2.24) is 0 Å². The van der Waals surface area contributed by atoms with E-state index in [9.17, 15) is 0 Å². The average Bonchev–Trinajstić information content (AvgIpc) is 2.65. The maximum atomic E-state index is 9.07. The Morgan fingerprint density at radius 2 is 1.50 bits per heavy atom. The Balaban J connectivity index is 3.27. The van der Waals surface area contributed by atoms with E-state index in [1.54, 1.807) is 14.2 Å². The number of methoxy groups -OCH3 is 2. The summed E-state index contributed by atoms with van der Waals surface area (Å²) in [6.07, 6.45) is 11.3. The lowest BCUT2D eigenvalue weighted by atomic mass is 9.97. The van der Waals surface area contributed by atoms with Crippen molar-refractivity contribution < 1.29 is 14.6 Å². The van der Waals surface area contributed by atoms with Gasteiger partial charge in [-0.1, -0.05) is 35.5 Å². The van der Waals surface area contributed by atoms with Gasteiger partial charge in [-0.25, -0.2) is 0 Å². The van der Waals surface area contributed by atoms with Gasteiger partial charge in [-0.2, -0.15) is 0 Å². The molecule has 0 saturated carbocycles. The molecule has 0 spiro atoms. The van der Waals surface area contributed by atoms with Crippen LogP contribution in [0.3, 0.4) is 0 Å². The molecule has 1 aromatic carbocycles. The van der Waals surface area contributed by atoms with Crippen LogP contribution >= 0.6 is 0 Å². The quantitative estimate of drug-likeness (QED) is 0.718. The number of aliphatic hydroxyl groups is 1. The zero-order chi connectivity index (χ0) is 19.7. The molecule has 0 heterocycles. The van der Waals surface area contributed by atoms with Crippen LogP contribution in [-0.4, -0.2) is 25.9 Å². The van der Waals surface area contributed by atoms with Crippen LogP contribution in [0.2, 0.25) is 0 Å². The number of hydrogen-bond donors (Lipinski definition) is 1. The second-order valence-corrected chi connectivity index (χ2v) is 6.58. The molecular formula is C23H34O3. The molecule has 1 aromatic rings. The van der Waals surface area contributed by atoms with Gasteiger partial charge in [0.05, 0.1) is 20.8 Å². The van der Waals surface area contributed by atoms with Crippen molar-refractivity contribution in [2.75, 3.05) is 20.8 Å². The van der Waals surface area contributed by atoms with Gasteiger partial charge in [0.1, 0.15) is 11.5 Å². The smallest absolute Gasteiger partial charge is 0.130 e. The second-order valence-electron chi connectivity index (χ2n) is 6.58. The number of benzene rings is 1. The lowest BCUT2D eigenvalue weighted by Crippen LogP contribution is -2.30. The Morgan fingerprint density at radius 1 is 0.923 bits per heavy atom. The summed E-state index contributed by atoms with van der Waals surface area (Å²) in [7, 11) is 3.46. The molecule has 0 bridgehead atoms. The van der Waals surface area contributed by atoms with E-state index in [1.807, 2.05) is 20.8 Å². The van der Waals surface area contributed by atoms with Crippen LogP contribution in [0.4, 0.5) is 0 Å². The lowest BCUT2D eigenvalue weighted by molar-refractivity contribution is 0.331. The topological polar surface area (TPSA) is 38.7 Å². The van der Waals surface area contributed by atoms with Crippen LogP contribution < -0.4 is 19.9 Å². The standard InChI is InChI=1S/C23H34O3/c1-8-19-20(9-2)23(26-7)21(18(5)22(19)25-6)14-13-16(3)11-10-12-17(4)15-24/h8-9,12-13,24H,10-11,14-15H2,1-7H3. The van der Waals surface area contributed by atoms with Crippen LogP contribution in [0.15, 0.2) is 23.3 Å². The molecule has 0 fully saturated rings. The summed E-state index contributed by atoms with van der Waals surface area (Å²) in [5, 5.41) is 11.2. The Hall–Kier alpha value is -2.00. The minimum Gasteiger partial charge on any atom is -0.496 e. The molecule has 0 atom stereocenters. The van der Waals surface area contributed by atoms with Gasteiger partial charge in [-0.05, 0) is 59.4 Å². The molecule has 0 aromatic heterocycles. The maximum absolute atomic E-state index is 9.07. The predicted octanol–water partition coefficient (Wildman–Crippen LogP) is 3.82. The third kappa shape index (κ3) is 5.25. The normalized spacial score (nSPS) is 14.2. The van der Waals surface area contributed by atoms with Crippen molar-refractivity contribution in [1.29, 1.82) is 0 Å². The van der Waals surface area contributed by atoms with Gasteiger partial charge in [0, 0.05) is 16.0 Å². The molecule has 0 unspecified atom stereocenters. The second kappa shape index (κ2) is 10.9. The Bertz CT molecular complexity index is 783. The molecule has 0 radical (unpaired) electrons. The molecule has 26 heavy (non-hydrogen) atoms. The van der Waals surface area contributed by atoms with Crippen molar-refractivity contribution in [3.05, 3.63) is 44.9 Å². The van der Waals surface area contributed by atoms with Crippen molar-refractivity contribution in [3.63, 3.8) is 0 Å². The third-order valence-electron chi connectivity index (χ3n) is 4.77. The fourth-order valence-corrected chi connectivity index (χ4v) is 3.22. The first kappa shape index (κ1) is 22.0. The highest BCUT2D eigenvalue weighted by atomic mass is 16.5. The molecule has 3 nitrogen and oxygen atoms in total. The number of ether oxygens (including phenoxy) is 2. The Labute approximate surface area is 158 Å². The number of rotatable bonds is 8. The monoisotopic (exact) mass is 358 g/mol. The summed E-state index contributed by atoms with van der Waals surface area (Å²) in [5.41, 5.74) is 4.66. The van der Waals surface area contributed by atoms with Crippen molar-refractivity contribution >= 4 is 12.2 Å². The Morgan fingerprint density at radius 3 is 2.00 bits per heavy atom. The van der Waals surface area contributed by atoms with E-state index in [0.717, 1.165) is 52.3 Å². The average molecular weight is 359 g/mol. The van der Waals surface area contributed by atoms with Gasteiger partial charge >= 0.3 is 0 Å². The van der Waals surface area contributed by atoms with Gasteiger partial charge in [0.2, 0.25) is 0 Å². The highest BCUT2D eigenvalue weighted by molar-refractivity contribution is 5.55. The summed E-state index contributed by atoms with van der Waals surface area (Å²) in [5.74, 6) is 1.85. The molecular weight excluding hydrogens is 324 g/mol. The zero-order valence-electron chi connectivity index (χ0n) is 17.4. The highest BCUT2D eigenvalue weighted by Gasteiger charge is 2.15. The molecule has 0 amide bonds. The maximum Gasteiger partial charge on any atom is 0.130 e. The molecule has 1 rings (SSSR count). The number of hydrogen-bond acceptors (Lipinski definition) is 3. The predicted molar refractivity (Wildman–Crippen MR) is 111 cm³/mol. The molecule has 0 aliphatic carbocycles. The first-order chi connectivity index (χ1) is 12.4. The Kier molecular flexibility index (Phi) is 9.22. The van der Waals surface area contributed by atoms with E-state index in [-0.39, 0.29) is 6.61 Å². The van der Waals surface area contributed by atoms with E-state index in [0.29, 0.717) is 0 Å². The minimum atomic E-state index is 0.135. The van der Waals surface area contributed by atoms with Gasteiger partial charge in [0.25, 0.3) is 0 Å². The van der Waals surface area contributed by atoms with Gasteiger partial charge in [-0.15, -0.1) is 0 Å². The fraction of sp³-hybridized carbons (Fsp3) is 0.478. The van der Waals surface area contributed by atoms with Gasteiger partial charge in [0.15, 0.2) is 0 Å². The van der Waals surface area contributed by atoms with Crippen LogP contribution in [0.1, 0.15) is 51.7 Å². The SMILES string of the molecule is CC=c1c(OC)c(C)c(CC=C(C)CCC=C(C)CO)c(OC)c1=CC. The van der Waals surface area contributed by atoms with E-state index in [2.05, 4.69) is 38.2 Å². The summed E-state index contributed by atoms with van der Waals surface area (Å²) in [6, 6.07) is 0. The molecule has 0 saturated heterocycles. The minimum absolute atomic E-state index is 0.135. The molecule has 0 aliphatic heterocycles. The van der Waals surface area contributed by atoms with Crippen molar-refractivity contribution in [2.45, 2.75) is 53.9 Å². The van der Waals surface area contributed by atoms with Gasteiger partial charge in [-0.3, -0.25) is 0 Å². The third-order valence-corrected chi connectivity index (χ3v) is 4.77. The molecule has 1 N–H and O–H groups in total. The first-order valence-corrected chi connectivity index (χ1v) is 9.23. The van der Waals surface area contributed by atoms with E-state index in [4.69, 9.17) is 14.6 Å². The number of aliphatic hydroxyl groups excluding tert-OH is 1. The largest absolute Gasteiger partial charge is 0.496 e. The lowest BCUT2D eigenvalue weighted by Gasteiger charge is -2.16.